The van der Waals surface area contributed by atoms with E-state index in [1.165, 1.54) is 29.2 Å². The summed E-state index contributed by atoms with van der Waals surface area (Å²) in [5.74, 6) is 3.52. The number of nitrogens with two attached hydrogens (primary N) is 1. The number of carbonyl (C=O) groups excluding carboxylic acids is 5. The molecule has 0 aromatic heterocycles. The zero-order valence-electron chi connectivity index (χ0n) is 25.2. The number of nitrogens with zero attached hydrogens (tertiary/aromatic N) is 2. The minimum Gasteiger partial charge on any atom is -0.462 e. The van der Waals surface area contributed by atoms with E-state index in [0.29, 0.717) is 17.5 Å². The van der Waals surface area contributed by atoms with Gasteiger partial charge in [-0.1, -0.05) is 47.5 Å². The lowest BCUT2D eigenvalue weighted by Gasteiger charge is -2.21. The van der Waals surface area contributed by atoms with E-state index in [4.69, 9.17) is 38.5 Å². The number of nitrogens with one attached hydrogen (secondary N) is 1. The van der Waals surface area contributed by atoms with Gasteiger partial charge in [0.15, 0.2) is 0 Å². The van der Waals surface area contributed by atoms with E-state index < -0.39 is 35.9 Å². The van der Waals surface area contributed by atoms with E-state index >= 15 is 0 Å². The Morgan fingerprint density at radius 2 is 1.58 bits per heavy atom. The van der Waals surface area contributed by atoms with Gasteiger partial charge in [-0.15, -0.1) is 0 Å². The first-order chi connectivity index (χ1) is 21.4. The fourth-order valence-corrected chi connectivity index (χ4v) is 4.88. The zero-order chi connectivity index (χ0) is 33.3. The Morgan fingerprint density at radius 3 is 2.16 bits per heavy atom. The van der Waals surface area contributed by atoms with Crippen LogP contribution in [0.15, 0.2) is 60.7 Å². The maximum Gasteiger partial charge on any atom is 0.338 e. The summed E-state index contributed by atoms with van der Waals surface area (Å²) in [6, 6.07) is 14.5. The summed E-state index contributed by atoms with van der Waals surface area (Å²) in [5.41, 5.74) is 1.54. The highest BCUT2D eigenvalue weighted by atomic mass is 35.5. The summed E-state index contributed by atoms with van der Waals surface area (Å²) in [7, 11) is 1.58. The van der Waals surface area contributed by atoms with E-state index in [0.717, 1.165) is 5.01 Å². The van der Waals surface area contributed by atoms with Gasteiger partial charge in [0.25, 0.3) is 11.8 Å². The van der Waals surface area contributed by atoms with Crippen molar-refractivity contribution in [3.63, 3.8) is 0 Å². The molecule has 0 bridgehead atoms. The van der Waals surface area contributed by atoms with Crippen molar-refractivity contribution in [2.45, 2.75) is 45.9 Å². The number of halogens is 2. The normalized spacial score (nSPS) is 11.4. The molecule has 0 saturated carbocycles. The van der Waals surface area contributed by atoms with Gasteiger partial charge in [0.05, 0.1) is 45.1 Å². The number of esters is 2. The van der Waals surface area contributed by atoms with Crippen LogP contribution < -0.4 is 16.2 Å². The van der Waals surface area contributed by atoms with E-state index in [-0.39, 0.29) is 52.0 Å². The molecule has 0 spiro atoms. The Morgan fingerprint density at radius 1 is 0.956 bits per heavy atom. The number of ether oxygens (including phenoxy) is 2. The number of hydrazine groups is 1. The third kappa shape index (κ3) is 9.27. The molecule has 0 saturated heterocycles. The molecule has 3 N–H and O–H groups in total. The molecule has 3 amide bonds. The molecule has 11 nitrogen and oxygen atoms in total. The van der Waals surface area contributed by atoms with E-state index in [1.54, 1.807) is 64.2 Å². The molecule has 0 heterocycles. The van der Waals surface area contributed by atoms with Gasteiger partial charge in [-0.25, -0.2) is 20.4 Å². The highest BCUT2D eigenvalue weighted by Gasteiger charge is 2.27. The molecular weight excluding hydrogens is 623 g/mol. The number of anilines is 1. The van der Waals surface area contributed by atoms with Gasteiger partial charge in [-0.05, 0) is 68.3 Å². The topological polar surface area (TPSA) is 148 Å². The van der Waals surface area contributed by atoms with Crippen molar-refractivity contribution < 1.29 is 33.4 Å². The quantitative estimate of drug-likeness (QED) is 0.0893. The molecule has 0 fully saturated rings. The summed E-state index contributed by atoms with van der Waals surface area (Å²) in [4.78, 5) is 64.6. The summed E-state index contributed by atoms with van der Waals surface area (Å²) >= 11 is 12.4. The van der Waals surface area contributed by atoms with Crippen molar-refractivity contribution in [2.75, 3.05) is 18.7 Å². The number of rotatable bonds is 13. The molecule has 3 aromatic carbocycles. The molecule has 3 aromatic rings. The molecule has 0 aliphatic heterocycles. The summed E-state index contributed by atoms with van der Waals surface area (Å²) in [5, 5.41) is 3.78. The van der Waals surface area contributed by atoms with Gasteiger partial charge < -0.3 is 19.7 Å². The second-order valence-corrected chi connectivity index (χ2v) is 11.1. The average molecular weight is 658 g/mol. The van der Waals surface area contributed by atoms with Gasteiger partial charge in [0, 0.05) is 20.0 Å². The van der Waals surface area contributed by atoms with Gasteiger partial charge in [-0.2, -0.15) is 0 Å². The van der Waals surface area contributed by atoms with Crippen LogP contribution in [0.5, 0.6) is 0 Å². The number of amides is 3. The van der Waals surface area contributed by atoms with Gasteiger partial charge in [0.1, 0.15) is 6.04 Å². The van der Waals surface area contributed by atoms with Crippen LogP contribution in [0.2, 0.25) is 10.0 Å². The predicted octanol–water partition coefficient (Wildman–Crippen LogP) is 4.57. The van der Waals surface area contributed by atoms with Crippen LogP contribution >= 0.6 is 23.2 Å². The lowest BCUT2D eigenvalue weighted by atomic mass is 10.0. The summed E-state index contributed by atoms with van der Waals surface area (Å²) in [6.07, 6.45) is 0.247. The molecule has 0 unspecified atom stereocenters. The van der Waals surface area contributed by atoms with Crippen molar-refractivity contribution >= 4 is 59.1 Å². The molecule has 0 aliphatic rings. The van der Waals surface area contributed by atoms with Gasteiger partial charge in [-0.3, -0.25) is 14.4 Å². The third-order valence-corrected chi connectivity index (χ3v) is 7.06. The number of hydrogen-bond donors (Lipinski definition) is 2. The second-order valence-electron chi connectivity index (χ2n) is 10.3. The Bertz CT molecular complexity index is 1540. The number of hydrogen-bond acceptors (Lipinski definition) is 8. The molecular formula is C32H34Cl2N4O7. The number of carbonyl (C=O) groups is 5. The first-order valence-corrected chi connectivity index (χ1v) is 14.7. The van der Waals surface area contributed by atoms with Crippen LogP contribution in [-0.2, 0) is 32.0 Å². The van der Waals surface area contributed by atoms with E-state index in [9.17, 15) is 24.0 Å². The van der Waals surface area contributed by atoms with Crippen LogP contribution in [0.1, 0.15) is 63.0 Å². The molecule has 0 aliphatic carbocycles. The second kappa shape index (κ2) is 16.0. The number of benzene rings is 3. The lowest BCUT2D eigenvalue weighted by molar-refractivity contribution is -0.149. The Kier molecular flexibility index (Phi) is 12.5. The maximum absolute atomic E-state index is 13.5. The van der Waals surface area contributed by atoms with Crippen LogP contribution in [0.4, 0.5) is 5.69 Å². The minimum atomic E-state index is -1.09. The first-order valence-electron chi connectivity index (χ1n) is 13.9. The lowest BCUT2D eigenvalue weighted by Crippen LogP contribution is -2.44. The first kappa shape index (κ1) is 35.0. The maximum atomic E-state index is 13.5. The van der Waals surface area contributed by atoms with E-state index in [1.807, 2.05) is 0 Å². The van der Waals surface area contributed by atoms with Crippen LogP contribution in [0.25, 0.3) is 0 Å². The monoisotopic (exact) mass is 656 g/mol. The molecule has 3 rings (SSSR count). The largest absolute Gasteiger partial charge is 0.462 e. The fraction of sp³-hybridized carbons (Fsp3) is 0.281. The third-order valence-electron chi connectivity index (χ3n) is 6.43. The molecule has 0 radical (unpaired) electrons. The predicted molar refractivity (Wildman–Crippen MR) is 170 cm³/mol. The smallest absolute Gasteiger partial charge is 0.338 e. The van der Waals surface area contributed by atoms with Gasteiger partial charge in [0.2, 0.25) is 6.41 Å². The fourth-order valence-electron chi connectivity index (χ4n) is 4.31. The Labute approximate surface area is 271 Å². The Balaban J connectivity index is 1.86. The molecule has 45 heavy (non-hydrogen) atoms. The van der Waals surface area contributed by atoms with Crippen molar-refractivity contribution in [2.24, 2.45) is 5.84 Å². The summed E-state index contributed by atoms with van der Waals surface area (Å²) < 4.78 is 10.5. The van der Waals surface area contributed by atoms with E-state index in [2.05, 4.69) is 5.32 Å². The van der Waals surface area contributed by atoms with Crippen LogP contribution in [0.3, 0.4) is 0 Å². The van der Waals surface area contributed by atoms with Crippen LogP contribution in [-0.4, -0.2) is 60.9 Å². The summed E-state index contributed by atoms with van der Waals surface area (Å²) in [6.45, 7) is 5.33. The average Bonchev–Trinajstić information content (AvgIpc) is 3.00. The highest BCUT2D eigenvalue weighted by molar-refractivity contribution is 6.39. The zero-order valence-corrected chi connectivity index (χ0v) is 26.7. The van der Waals surface area contributed by atoms with Gasteiger partial charge >= 0.3 is 11.9 Å². The molecule has 13 heteroatoms. The molecule has 238 valence electrons. The van der Waals surface area contributed by atoms with Crippen molar-refractivity contribution in [3.05, 3.63) is 98.5 Å². The highest BCUT2D eigenvalue weighted by Crippen LogP contribution is 2.25. The SMILES string of the molecule is CCOC(=O)c1ccc(CN(C)C=O)cc1C(=O)N(N)c1ccc(C[C@H](NC(=O)c2c(Cl)cccc2Cl)C(=O)OC(C)C)cc1. The Hall–Kier alpha value is -4.45. The van der Waals surface area contributed by atoms with Crippen molar-refractivity contribution in [3.8, 4) is 0 Å². The van der Waals surface area contributed by atoms with Crippen molar-refractivity contribution in [1.29, 1.82) is 0 Å². The van der Waals surface area contributed by atoms with Crippen LogP contribution in [0, 0.1) is 0 Å². The standard InChI is InChI=1S/C32H34Cl2N4O7/c1-5-44-31(42)23-14-11-21(17-37(4)18-39)15-24(23)30(41)38(35)22-12-9-20(10-13-22)16-27(32(43)45-19(2)3)36-29(40)28-25(33)7-6-8-26(28)34/h6-15,18-19,27H,5,16-17,35H2,1-4H3,(H,36,40)/t27-/m0/s1. The minimum absolute atomic E-state index is 0.00531. The van der Waals surface area contributed by atoms with Crippen molar-refractivity contribution in [1.82, 2.24) is 10.2 Å². The molecule has 1 atom stereocenters.